The second kappa shape index (κ2) is 8.07. The van der Waals surface area contributed by atoms with Gasteiger partial charge in [-0.25, -0.2) is 0 Å². The minimum Gasteiger partial charge on any atom is -0.497 e. The van der Waals surface area contributed by atoms with Crippen LogP contribution in [-0.4, -0.2) is 34.2 Å². The Morgan fingerprint density at radius 2 is 1.76 bits per heavy atom. The third kappa shape index (κ3) is 4.33. The van der Waals surface area contributed by atoms with Gasteiger partial charge in [0.15, 0.2) is 5.16 Å². The van der Waals surface area contributed by atoms with Gasteiger partial charge in [0, 0.05) is 11.4 Å². The minimum atomic E-state index is 0.594. The van der Waals surface area contributed by atoms with Crippen LogP contribution in [0.1, 0.15) is 11.4 Å². The number of aromatic nitrogens is 3. The molecule has 0 aliphatic rings. The molecule has 6 heteroatoms. The molecule has 0 spiro atoms. The molecule has 0 saturated heterocycles. The van der Waals surface area contributed by atoms with Gasteiger partial charge in [0.1, 0.15) is 17.3 Å². The average molecular weight is 355 g/mol. The van der Waals surface area contributed by atoms with Crippen LogP contribution in [-0.2, 0) is 0 Å². The molecule has 5 nitrogen and oxygen atoms in total. The van der Waals surface area contributed by atoms with Crippen LogP contribution in [0, 0.1) is 13.8 Å². The van der Waals surface area contributed by atoms with Crippen molar-refractivity contribution in [2.45, 2.75) is 19.0 Å². The zero-order valence-electron chi connectivity index (χ0n) is 14.6. The Kier molecular flexibility index (Phi) is 5.60. The topological polar surface area (TPSA) is 49.2 Å². The maximum atomic E-state index is 5.76. The van der Waals surface area contributed by atoms with E-state index in [-0.39, 0.29) is 0 Å². The Bertz CT molecular complexity index is 831. The summed E-state index contributed by atoms with van der Waals surface area (Å²) < 4.78 is 13.0. The molecule has 0 saturated carbocycles. The molecule has 0 aliphatic heterocycles. The van der Waals surface area contributed by atoms with Gasteiger partial charge in [-0.05, 0) is 55.8 Å². The molecule has 130 valence electrons. The molecule has 3 rings (SSSR count). The van der Waals surface area contributed by atoms with Crippen LogP contribution in [0.4, 0.5) is 0 Å². The van der Waals surface area contributed by atoms with Crippen molar-refractivity contribution in [3.63, 3.8) is 0 Å². The van der Waals surface area contributed by atoms with E-state index in [1.165, 1.54) is 5.56 Å². The molecule has 0 radical (unpaired) electrons. The first-order chi connectivity index (χ1) is 12.2. The first kappa shape index (κ1) is 17.4. The van der Waals surface area contributed by atoms with Crippen LogP contribution in [0.25, 0.3) is 5.69 Å². The van der Waals surface area contributed by atoms with E-state index in [1.807, 2.05) is 37.3 Å². The summed E-state index contributed by atoms with van der Waals surface area (Å²) in [4.78, 5) is 0. The van der Waals surface area contributed by atoms with Crippen LogP contribution in [0.15, 0.2) is 53.7 Å². The SMILES string of the molecule is COc1ccc(OCCSc2nnc(C)n2-c2cccc(C)c2)cc1. The molecular formula is C19H21N3O2S. The maximum absolute atomic E-state index is 5.76. The van der Waals surface area contributed by atoms with Gasteiger partial charge in [0.2, 0.25) is 0 Å². The van der Waals surface area contributed by atoms with Crippen molar-refractivity contribution < 1.29 is 9.47 Å². The number of rotatable bonds is 7. The largest absolute Gasteiger partial charge is 0.497 e. The first-order valence-electron chi connectivity index (χ1n) is 8.06. The monoisotopic (exact) mass is 355 g/mol. The fourth-order valence-corrected chi connectivity index (χ4v) is 3.28. The number of methoxy groups -OCH3 is 1. The van der Waals surface area contributed by atoms with E-state index in [0.717, 1.165) is 33.9 Å². The van der Waals surface area contributed by atoms with E-state index in [2.05, 4.69) is 39.9 Å². The van der Waals surface area contributed by atoms with E-state index in [9.17, 15) is 0 Å². The maximum Gasteiger partial charge on any atom is 0.195 e. The van der Waals surface area contributed by atoms with Crippen LogP contribution < -0.4 is 9.47 Å². The fourth-order valence-electron chi connectivity index (χ4n) is 2.47. The molecule has 2 aromatic carbocycles. The number of ether oxygens (including phenoxy) is 2. The van der Waals surface area contributed by atoms with Crippen molar-refractivity contribution in [3.05, 3.63) is 59.9 Å². The zero-order valence-corrected chi connectivity index (χ0v) is 15.4. The smallest absolute Gasteiger partial charge is 0.195 e. The van der Waals surface area contributed by atoms with E-state index in [1.54, 1.807) is 18.9 Å². The molecule has 0 aliphatic carbocycles. The molecule has 1 aromatic heterocycles. The third-order valence-corrected chi connectivity index (χ3v) is 4.59. The highest BCUT2D eigenvalue weighted by Crippen LogP contribution is 2.23. The molecule has 0 fully saturated rings. The van der Waals surface area contributed by atoms with E-state index >= 15 is 0 Å². The van der Waals surface area contributed by atoms with Crippen molar-refractivity contribution in [3.8, 4) is 17.2 Å². The summed E-state index contributed by atoms with van der Waals surface area (Å²) in [7, 11) is 1.65. The van der Waals surface area contributed by atoms with E-state index in [4.69, 9.17) is 9.47 Å². The van der Waals surface area contributed by atoms with Crippen LogP contribution in [0.2, 0.25) is 0 Å². The van der Waals surface area contributed by atoms with Crippen molar-refractivity contribution in [1.29, 1.82) is 0 Å². The summed E-state index contributed by atoms with van der Waals surface area (Å²) in [5.74, 6) is 3.32. The van der Waals surface area contributed by atoms with Gasteiger partial charge in [0.25, 0.3) is 0 Å². The second-order valence-electron chi connectivity index (χ2n) is 5.58. The summed E-state index contributed by atoms with van der Waals surface area (Å²) in [5, 5.41) is 9.39. The zero-order chi connectivity index (χ0) is 17.6. The van der Waals surface area contributed by atoms with Gasteiger partial charge in [0.05, 0.1) is 13.7 Å². The highest BCUT2D eigenvalue weighted by atomic mass is 32.2. The summed E-state index contributed by atoms with van der Waals surface area (Å²) in [6.07, 6.45) is 0. The lowest BCUT2D eigenvalue weighted by Crippen LogP contribution is -2.03. The first-order valence-corrected chi connectivity index (χ1v) is 9.04. The highest BCUT2D eigenvalue weighted by molar-refractivity contribution is 7.99. The fraction of sp³-hybridized carbons (Fsp3) is 0.263. The Labute approximate surface area is 152 Å². The van der Waals surface area contributed by atoms with Crippen LogP contribution in [0.5, 0.6) is 11.5 Å². The highest BCUT2D eigenvalue weighted by Gasteiger charge is 2.11. The van der Waals surface area contributed by atoms with Gasteiger partial charge in [-0.1, -0.05) is 23.9 Å². The normalized spacial score (nSPS) is 10.7. The van der Waals surface area contributed by atoms with Gasteiger partial charge in [-0.3, -0.25) is 4.57 Å². The lowest BCUT2D eigenvalue weighted by Gasteiger charge is -2.10. The molecule has 0 amide bonds. The number of aryl methyl sites for hydroxylation is 2. The lowest BCUT2D eigenvalue weighted by atomic mass is 10.2. The summed E-state index contributed by atoms with van der Waals surface area (Å²) in [6.45, 7) is 4.64. The quantitative estimate of drug-likeness (QED) is 0.472. The number of hydrogen-bond acceptors (Lipinski definition) is 5. The summed E-state index contributed by atoms with van der Waals surface area (Å²) in [5.41, 5.74) is 2.30. The molecule has 0 N–H and O–H groups in total. The van der Waals surface area contributed by atoms with Crippen molar-refractivity contribution in [1.82, 2.24) is 14.8 Å². The summed E-state index contributed by atoms with van der Waals surface area (Å²) >= 11 is 1.64. The van der Waals surface area contributed by atoms with Crippen LogP contribution in [0.3, 0.4) is 0 Å². The van der Waals surface area contributed by atoms with Crippen molar-refractivity contribution in [2.24, 2.45) is 0 Å². The lowest BCUT2D eigenvalue weighted by molar-refractivity contribution is 0.342. The molecule has 0 bridgehead atoms. The summed E-state index contributed by atoms with van der Waals surface area (Å²) in [6, 6.07) is 15.9. The Morgan fingerprint density at radius 3 is 2.48 bits per heavy atom. The van der Waals surface area contributed by atoms with Crippen LogP contribution >= 0.6 is 11.8 Å². The standard InChI is InChI=1S/C19H21N3O2S/c1-14-5-4-6-16(13-14)22-15(2)20-21-19(22)25-12-11-24-18-9-7-17(23-3)8-10-18/h4-10,13H,11-12H2,1-3H3. The van der Waals surface area contributed by atoms with Gasteiger partial charge < -0.3 is 9.47 Å². The van der Waals surface area contributed by atoms with E-state index < -0.39 is 0 Å². The predicted molar refractivity (Wildman–Crippen MR) is 100 cm³/mol. The van der Waals surface area contributed by atoms with Crippen molar-refractivity contribution in [2.75, 3.05) is 19.5 Å². The number of benzene rings is 2. The molecule has 3 aromatic rings. The van der Waals surface area contributed by atoms with E-state index in [0.29, 0.717) is 6.61 Å². The Hall–Kier alpha value is -2.47. The number of hydrogen-bond donors (Lipinski definition) is 0. The molecule has 0 unspecified atom stereocenters. The van der Waals surface area contributed by atoms with Gasteiger partial charge in [-0.15, -0.1) is 10.2 Å². The van der Waals surface area contributed by atoms with Gasteiger partial charge >= 0.3 is 0 Å². The molecule has 25 heavy (non-hydrogen) atoms. The minimum absolute atomic E-state index is 0.594. The van der Waals surface area contributed by atoms with Crippen molar-refractivity contribution >= 4 is 11.8 Å². The Morgan fingerprint density at radius 1 is 1.00 bits per heavy atom. The third-order valence-electron chi connectivity index (χ3n) is 3.70. The second-order valence-corrected chi connectivity index (χ2v) is 6.64. The predicted octanol–water partition coefficient (Wildman–Crippen LogP) is 4.06. The molecule has 1 heterocycles. The molecular weight excluding hydrogens is 334 g/mol. The number of nitrogens with zero attached hydrogens (tertiary/aromatic N) is 3. The number of thioether (sulfide) groups is 1. The van der Waals surface area contributed by atoms with Gasteiger partial charge in [-0.2, -0.15) is 0 Å². The average Bonchev–Trinajstić information content (AvgIpc) is 3.00. The Balaban J connectivity index is 1.60. The molecule has 0 atom stereocenters.